The fourth-order valence-corrected chi connectivity index (χ4v) is 2.48. The van der Waals surface area contributed by atoms with Crippen LogP contribution in [0.3, 0.4) is 0 Å². The number of esters is 1. The number of carbonyl (C=O) groups is 2. The fourth-order valence-electron chi connectivity index (χ4n) is 1.82. The Morgan fingerprint density at radius 1 is 1.41 bits per heavy atom. The second-order valence-corrected chi connectivity index (χ2v) is 4.76. The molecule has 6 heteroatoms. The highest BCUT2D eigenvalue weighted by Crippen LogP contribution is 2.46. The van der Waals surface area contributed by atoms with Gasteiger partial charge in [-0.15, -0.1) is 11.6 Å². The van der Waals surface area contributed by atoms with Crippen LogP contribution in [0.2, 0.25) is 0 Å². The Bertz CT molecular complexity index is 488. The Hall–Kier alpha value is -1.26. The summed E-state index contributed by atoms with van der Waals surface area (Å²) < 4.78 is 4.79. The van der Waals surface area contributed by atoms with Crippen LogP contribution in [-0.2, 0) is 25.8 Å². The van der Waals surface area contributed by atoms with Gasteiger partial charge in [-0.2, -0.15) is 0 Å². The molecular formula is C11H8Cl2O4. The van der Waals surface area contributed by atoms with Crippen molar-refractivity contribution in [2.45, 2.75) is 16.9 Å². The van der Waals surface area contributed by atoms with Gasteiger partial charge >= 0.3 is 11.9 Å². The van der Waals surface area contributed by atoms with Gasteiger partial charge in [0.25, 0.3) is 0 Å². The minimum Gasteiger partial charge on any atom is -0.473 e. The van der Waals surface area contributed by atoms with Crippen LogP contribution in [0.5, 0.6) is 0 Å². The maximum absolute atomic E-state index is 11.1. The highest BCUT2D eigenvalue weighted by molar-refractivity contribution is 6.35. The van der Waals surface area contributed by atoms with Crippen molar-refractivity contribution in [3.05, 3.63) is 35.4 Å². The predicted octanol–water partition coefficient (Wildman–Crippen LogP) is 1.87. The molecule has 0 spiro atoms. The van der Waals surface area contributed by atoms with Crippen LogP contribution in [0.15, 0.2) is 24.3 Å². The number of aliphatic carboxylic acids is 1. The van der Waals surface area contributed by atoms with Gasteiger partial charge in [-0.1, -0.05) is 35.9 Å². The van der Waals surface area contributed by atoms with E-state index in [4.69, 9.17) is 33.0 Å². The van der Waals surface area contributed by atoms with Gasteiger partial charge in [0.1, 0.15) is 0 Å². The lowest BCUT2D eigenvalue weighted by Crippen LogP contribution is -2.34. The normalized spacial score (nSPS) is 26.4. The molecule has 0 saturated heterocycles. The predicted molar refractivity (Wildman–Crippen MR) is 61.0 cm³/mol. The molecule has 1 aliphatic rings. The molecule has 2 rings (SSSR count). The first kappa shape index (κ1) is 12.2. The molecule has 1 aliphatic carbocycles. The van der Waals surface area contributed by atoms with Crippen LogP contribution < -0.4 is 0 Å². The van der Waals surface area contributed by atoms with Crippen molar-refractivity contribution in [1.29, 1.82) is 0 Å². The Morgan fingerprint density at radius 3 is 2.71 bits per heavy atom. The van der Waals surface area contributed by atoms with Crippen molar-refractivity contribution in [1.82, 2.24) is 0 Å². The molecule has 1 aromatic rings. The van der Waals surface area contributed by atoms with E-state index in [1.165, 1.54) is 0 Å². The molecule has 90 valence electrons. The minimum absolute atomic E-state index is 0.425. The number of hydrogen-bond acceptors (Lipinski definition) is 3. The van der Waals surface area contributed by atoms with E-state index in [0.29, 0.717) is 12.0 Å². The highest BCUT2D eigenvalue weighted by atomic mass is 35.5. The zero-order chi connectivity index (χ0) is 12.6. The van der Waals surface area contributed by atoms with Gasteiger partial charge in [0.15, 0.2) is 0 Å². The summed E-state index contributed by atoms with van der Waals surface area (Å²) in [5.74, 6) is -3.11. The lowest BCUT2D eigenvalue weighted by molar-refractivity contribution is -0.169. The second kappa shape index (κ2) is 4.20. The molecule has 0 aliphatic heterocycles. The number of alkyl halides is 2. The Balaban J connectivity index is 2.37. The summed E-state index contributed by atoms with van der Waals surface area (Å²) >= 11 is 12.2. The molecule has 4 nitrogen and oxygen atoms in total. The smallest absolute Gasteiger partial charge is 0.419 e. The van der Waals surface area contributed by atoms with E-state index in [9.17, 15) is 9.59 Å². The van der Waals surface area contributed by atoms with Gasteiger partial charge in [0.05, 0.1) is 5.38 Å². The molecule has 17 heavy (non-hydrogen) atoms. The maximum atomic E-state index is 11.1. The third-order valence-electron chi connectivity index (χ3n) is 2.60. The molecule has 0 saturated carbocycles. The summed E-state index contributed by atoms with van der Waals surface area (Å²) in [5, 5.41) is 6.22. The van der Waals surface area contributed by atoms with E-state index in [-0.39, 0.29) is 0 Å². The largest absolute Gasteiger partial charge is 0.473 e. The summed E-state index contributed by atoms with van der Waals surface area (Å²) in [4.78, 5) is 21.6. The highest BCUT2D eigenvalue weighted by Gasteiger charge is 2.49. The number of ether oxygens (including phenoxy) is 1. The maximum Gasteiger partial charge on any atom is 0.419 e. The van der Waals surface area contributed by atoms with Crippen molar-refractivity contribution in [3.63, 3.8) is 0 Å². The van der Waals surface area contributed by atoms with Gasteiger partial charge in [-0.25, -0.2) is 9.59 Å². The summed E-state index contributed by atoms with van der Waals surface area (Å²) in [6.07, 6.45) is 0.425. The SMILES string of the molecule is O=C(O)C(=O)OC1(Cl)c2ccccc2CC1Cl. The first-order valence-corrected chi connectivity index (χ1v) is 5.64. The molecule has 0 heterocycles. The van der Waals surface area contributed by atoms with Crippen molar-refractivity contribution < 1.29 is 19.4 Å². The zero-order valence-electron chi connectivity index (χ0n) is 8.52. The van der Waals surface area contributed by atoms with Crippen LogP contribution in [0.4, 0.5) is 0 Å². The van der Waals surface area contributed by atoms with Crippen LogP contribution >= 0.6 is 23.2 Å². The number of fused-ring (bicyclic) bond motifs is 1. The molecular weight excluding hydrogens is 267 g/mol. The Morgan fingerprint density at radius 2 is 2.06 bits per heavy atom. The summed E-state index contributed by atoms with van der Waals surface area (Å²) in [5.41, 5.74) is 1.39. The topological polar surface area (TPSA) is 63.6 Å². The third kappa shape index (κ3) is 1.98. The summed E-state index contributed by atoms with van der Waals surface area (Å²) in [6.45, 7) is 0. The molecule has 0 amide bonds. The number of halogens is 2. The Kier molecular flexibility index (Phi) is 3.02. The summed E-state index contributed by atoms with van der Waals surface area (Å²) in [7, 11) is 0. The van der Waals surface area contributed by atoms with Gasteiger partial charge in [0.2, 0.25) is 5.06 Å². The summed E-state index contributed by atoms with van der Waals surface area (Å²) in [6, 6.07) is 7.01. The quantitative estimate of drug-likeness (QED) is 0.483. The van der Waals surface area contributed by atoms with Gasteiger partial charge in [-0.05, 0) is 12.0 Å². The molecule has 1 aromatic carbocycles. The number of hydrogen-bond donors (Lipinski definition) is 1. The third-order valence-corrected chi connectivity index (χ3v) is 3.72. The fraction of sp³-hybridized carbons (Fsp3) is 0.273. The van der Waals surface area contributed by atoms with Gasteiger partial charge < -0.3 is 9.84 Å². The molecule has 0 fully saturated rings. The van der Waals surface area contributed by atoms with Crippen LogP contribution in [-0.4, -0.2) is 22.4 Å². The van der Waals surface area contributed by atoms with Crippen molar-refractivity contribution in [3.8, 4) is 0 Å². The van der Waals surface area contributed by atoms with Gasteiger partial charge in [-0.3, -0.25) is 0 Å². The van der Waals surface area contributed by atoms with Crippen LogP contribution in [0.25, 0.3) is 0 Å². The zero-order valence-corrected chi connectivity index (χ0v) is 10.0. The van der Waals surface area contributed by atoms with E-state index < -0.39 is 22.4 Å². The molecule has 2 unspecified atom stereocenters. The molecule has 1 N–H and O–H groups in total. The van der Waals surface area contributed by atoms with E-state index in [1.807, 2.05) is 12.1 Å². The second-order valence-electron chi connectivity index (χ2n) is 3.67. The lowest BCUT2D eigenvalue weighted by Gasteiger charge is -2.25. The first-order chi connectivity index (χ1) is 7.95. The molecule has 2 atom stereocenters. The lowest BCUT2D eigenvalue weighted by atomic mass is 10.1. The first-order valence-electron chi connectivity index (χ1n) is 4.83. The van der Waals surface area contributed by atoms with Crippen molar-refractivity contribution >= 4 is 35.1 Å². The molecule has 0 aromatic heterocycles. The minimum atomic E-state index is -1.70. The number of benzene rings is 1. The van der Waals surface area contributed by atoms with Crippen molar-refractivity contribution in [2.75, 3.05) is 0 Å². The number of carboxylic acids is 1. The molecule has 0 bridgehead atoms. The Labute approximate surface area is 107 Å². The standard InChI is InChI=1S/C11H8Cl2O4/c12-8-5-6-3-1-2-4-7(6)11(8,13)17-10(16)9(14)15/h1-4,8H,5H2,(H,14,15). The van der Waals surface area contributed by atoms with E-state index in [0.717, 1.165) is 5.56 Å². The van der Waals surface area contributed by atoms with E-state index in [1.54, 1.807) is 12.1 Å². The van der Waals surface area contributed by atoms with Crippen molar-refractivity contribution in [2.24, 2.45) is 0 Å². The number of carbonyl (C=O) groups excluding carboxylic acids is 1. The average molecular weight is 275 g/mol. The average Bonchev–Trinajstić information content (AvgIpc) is 2.52. The van der Waals surface area contributed by atoms with Gasteiger partial charge in [0, 0.05) is 5.56 Å². The number of rotatable bonds is 1. The molecule has 0 radical (unpaired) electrons. The van der Waals surface area contributed by atoms with E-state index in [2.05, 4.69) is 0 Å². The number of carboxylic acid groups (broad SMARTS) is 1. The van der Waals surface area contributed by atoms with E-state index >= 15 is 0 Å². The van der Waals surface area contributed by atoms with Crippen LogP contribution in [0, 0.1) is 0 Å². The monoisotopic (exact) mass is 274 g/mol. The van der Waals surface area contributed by atoms with Crippen LogP contribution in [0.1, 0.15) is 11.1 Å².